The zero-order valence-electron chi connectivity index (χ0n) is 16.0. The van der Waals surface area contributed by atoms with Crippen LogP contribution in [-0.4, -0.2) is 36.5 Å². The molecule has 1 aromatic rings. The molecule has 24 heavy (non-hydrogen) atoms. The molecule has 0 aromatic heterocycles. The molecule has 1 rings (SSSR count). The predicted octanol–water partition coefficient (Wildman–Crippen LogP) is 4.43. The van der Waals surface area contributed by atoms with Crippen LogP contribution in [0.1, 0.15) is 76.2 Å². The van der Waals surface area contributed by atoms with Crippen molar-refractivity contribution in [3.8, 4) is 0 Å². The maximum absolute atomic E-state index is 2.29. The molecule has 142 valence electrons. The van der Waals surface area contributed by atoms with Crippen LogP contribution in [0.5, 0.6) is 0 Å². The summed E-state index contributed by atoms with van der Waals surface area (Å²) in [6.45, 7) is 1.25. The first-order valence-electron chi connectivity index (χ1n) is 9.47. The van der Waals surface area contributed by atoms with E-state index in [-0.39, 0.29) is 11.0 Å². The highest BCUT2D eigenvalue weighted by Crippen LogP contribution is 2.12. The summed E-state index contributed by atoms with van der Waals surface area (Å²) in [4.78, 5) is 2.29. The SMILES string of the molecule is CN(C)CCCCCCCCCCCCCc1ccccc1.O.O. The van der Waals surface area contributed by atoms with Crippen LogP contribution >= 0.6 is 0 Å². The average Bonchev–Trinajstić information content (AvgIpc) is 2.52. The molecule has 0 aliphatic rings. The molecule has 0 saturated carbocycles. The molecule has 0 atom stereocenters. The molecule has 3 nitrogen and oxygen atoms in total. The van der Waals surface area contributed by atoms with Crippen LogP contribution in [0.2, 0.25) is 0 Å². The van der Waals surface area contributed by atoms with Gasteiger partial charge in [-0.1, -0.05) is 88.1 Å². The largest absolute Gasteiger partial charge is 0.412 e. The molecule has 0 bridgehead atoms. The third-order valence-corrected chi connectivity index (χ3v) is 4.41. The van der Waals surface area contributed by atoms with Crippen LogP contribution in [0.25, 0.3) is 0 Å². The van der Waals surface area contributed by atoms with Gasteiger partial charge >= 0.3 is 0 Å². The molecule has 0 fully saturated rings. The number of nitrogens with zero attached hydrogens (tertiary/aromatic N) is 1. The molecule has 4 N–H and O–H groups in total. The Morgan fingerprint density at radius 3 is 1.46 bits per heavy atom. The van der Waals surface area contributed by atoms with E-state index in [0.717, 1.165) is 0 Å². The molecule has 1 aromatic carbocycles. The van der Waals surface area contributed by atoms with Crippen LogP contribution < -0.4 is 0 Å². The van der Waals surface area contributed by atoms with E-state index in [9.17, 15) is 0 Å². The van der Waals surface area contributed by atoms with Crippen molar-refractivity contribution in [1.82, 2.24) is 4.90 Å². The second-order valence-corrected chi connectivity index (χ2v) is 6.93. The monoisotopic (exact) mass is 339 g/mol. The highest BCUT2D eigenvalue weighted by Gasteiger charge is 1.95. The number of hydrogen-bond donors (Lipinski definition) is 0. The van der Waals surface area contributed by atoms with Gasteiger partial charge in [0, 0.05) is 0 Å². The van der Waals surface area contributed by atoms with Gasteiger partial charge in [0.15, 0.2) is 0 Å². The quantitative estimate of drug-likeness (QED) is 0.462. The Balaban J connectivity index is 0. The van der Waals surface area contributed by atoms with E-state index >= 15 is 0 Å². The highest BCUT2D eigenvalue weighted by molar-refractivity contribution is 5.14. The Morgan fingerprint density at radius 1 is 0.583 bits per heavy atom. The summed E-state index contributed by atoms with van der Waals surface area (Å²) in [6, 6.07) is 10.9. The maximum Gasteiger partial charge on any atom is -0.00248 e. The van der Waals surface area contributed by atoms with Gasteiger partial charge in [0.25, 0.3) is 0 Å². The fourth-order valence-corrected chi connectivity index (χ4v) is 2.99. The van der Waals surface area contributed by atoms with Gasteiger partial charge in [-0.15, -0.1) is 0 Å². The molecule has 0 amide bonds. The minimum atomic E-state index is 0. The van der Waals surface area contributed by atoms with Crippen molar-refractivity contribution in [1.29, 1.82) is 0 Å². The minimum absolute atomic E-state index is 0. The number of benzene rings is 1. The predicted molar refractivity (Wildman–Crippen MR) is 107 cm³/mol. The van der Waals surface area contributed by atoms with Gasteiger partial charge in [-0.2, -0.15) is 0 Å². The highest BCUT2D eigenvalue weighted by atomic mass is 16.0. The first-order chi connectivity index (χ1) is 10.8. The molecule has 0 spiro atoms. The lowest BCUT2D eigenvalue weighted by Gasteiger charge is -2.08. The Kier molecular flexibility index (Phi) is 19.5. The Hall–Kier alpha value is -0.900. The maximum atomic E-state index is 2.29. The van der Waals surface area contributed by atoms with Crippen molar-refractivity contribution in [3.63, 3.8) is 0 Å². The normalized spacial score (nSPS) is 10.3. The summed E-state index contributed by atoms with van der Waals surface area (Å²) in [5.74, 6) is 0. The average molecular weight is 340 g/mol. The van der Waals surface area contributed by atoms with Gasteiger partial charge in [0.05, 0.1) is 0 Å². The van der Waals surface area contributed by atoms with Crippen molar-refractivity contribution in [2.24, 2.45) is 0 Å². The fraction of sp³-hybridized carbons (Fsp3) is 0.714. The summed E-state index contributed by atoms with van der Waals surface area (Å²) < 4.78 is 0. The number of unbranched alkanes of at least 4 members (excludes halogenated alkanes) is 10. The zero-order valence-corrected chi connectivity index (χ0v) is 16.0. The molecule has 0 aliphatic heterocycles. The van der Waals surface area contributed by atoms with E-state index in [1.165, 1.54) is 89.2 Å². The van der Waals surface area contributed by atoms with Crippen molar-refractivity contribution < 1.29 is 11.0 Å². The molecule has 0 aliphatic carbocycles. The molecule has 0 radical (unpaired) electrons. The first-order valence-corrected chi connectivity index (χ1v) is 9.47. The van der Waals surface area contributed by atoms with Crippen molar-refractivity contribution >= 4 is 0 Å². The first kappa shape index (κ1) is 25.3. The third kappa shape index (κ3) is 16.0. The lowest BCUT2D eigenvalue weighted by molar-refractivity contribution is 0.389. The summed E-state index contributed by atoms with van der Waals surface area (Å²) in [7, 11) is 4.33. The van der Waals surface area contributed by atoms with Crippen molar-refractivity contribution in [2.45, 2.75) is 77.0 Å². The number of rotatable bonds is 14. The fourth-order valence-electron chi connectivity index (χ4n) is 2.99. The van der Waals surface area contributed by atoms with Crippen LogP contribution in [0.4, 0.5) is 0 Å². The molecule has 0 unspecified atom stereocenters. The topological polar surface area (TPSA) is 66.2 Å². The summed E-state index contributed by atoms with van der Waals surface area (Å²) in [6.07, 6.45) is 16.9. The van der Waals surface area contributed by atoms with Gasteiger partial charge in [-0.05, 0) is 45.5 Å². The molecular formula is C21H41NO2. The van der Waals surface area contributed by atoms with Gasteiger partial charge < -0.3 is 15.9 Å². The van der Waals surface area contributed by atoms with E-state index in [2.05, 4.69) is 49.3 Å². The second-order valence-electron chi connectivity index (χ2n) is 6.93. The van der Waals surface area contributed by atoms with E-state index in [4.69, 9.17) is 0 Å². The van der Waals surface area contributed by atoms with Crippen molar-refractivity contribution in [3.05, 3.63) is 35.9 Å². The second kappa shape index (κ2) is 18.4. The summed E-state index contributed by atoms with van der Waals surface area (Å²) in [5, 5.41) is 0. The zero-order chi connectivity index (χ0) is 15.9. The van der Waals surface area contributed by atoms with E-state index < -0.39 is 0 Å². The van der Waals surface area contributed by atoms with E-state index in [1.54, 1.807) is 0 Å². The number of hydrogen-bond acceptors (Lipinski definition) is 1. The standard InChI is InChI=1S/C21H37N.2H2O/c1-22(2)20-16-11-9-7-5-3-4-6-8-10-13-17-21-18-14-12-15-19-21;;/h12,14-15,18-19H,3-11,13,16-17,20H2,1-2H3;2*1H2. The van der Waals surface area contributed by atoms with Crippen molar-refractivity contribution in [2.75, 3.05) is 20.6 Å². The summed E-state index contributed by atoms with van der Waals surface area (Å²) >= 11 is 0. The van der Waals surface area contributed by atoms with Crippen LogP contribution in [0, 0.1) is 0 Å². The molecule has 0 saturated heterocycles. The third-order valence-electron chi connectivity index (χ3n) is 4.41. The van der Waals surface area contributed by atoms with E-state index in [0.29, 0.717) is 0 Å². The smallest absolute Gasteiger partial charge is 0.00248 e. The molecular weight excluding hydrogens is 298 g/mol. The van der Waals surface area contributed by atoms with Gasteiger partial charge in [-0.25, -0.2) is 0 Å². The minimum Gasteiger partial charge on any atom is -0.412 e. The number of aryl methyl sites for hydroxylation is 1. The van der Waals surface area contributed by atoms with E-state index in [1.807, 2.05) is 0 Å². The Labute approximate surface area is 150 Å². The molecule has 0 heterocycles. The van der Waals surface area contributed by atoms with Crippen LogP contribution in [0.15, 0.2) is 30.3 Å². The van der Waals surface area contributed by atoms with Crippen LogP contribution in [0.3, 0.4) is 0 Å². The van der Waals surface area contributed by atoms with Gasteiger partial charge in [0.1, 0.15) is 0 Å². The van der Waals surface area contributed by atoms with Gasteiger partial charge in [-0.3, -0.25) is 0 Å². The Bertz CT molecular complexity index is 341. The van der Waals surface area contributed by atoms with Gasteiger partial charge in [0.2, 0.25) is 0 Å². The lowest BCUT2D eigenvalue weighted by Crippen LogP contribution is -2.12. The molecule has 3 heteroatoms. The lowest BCUT2D eigenvalue weighted by atomic mass is 10.0. The Morgan fingerprint density at radius 2 is 1.00 bits per heavy atom. The summed E-state index contributed by atoms with van der Waals surface area (Å²) in [5.41, 5.74) is 1.50. The van der Waals surface area contributed by atoms with Crippen LogP contribution in [-0.2, 0) is 6.42 Å².